The van der Waals surface area contributed by atoms with Crippen LogP contribution < -0.4 is 0 Å². The van der Waals surface area contributed by atoms with Gasteiger partial charge in [0, 0.05) is 6.42 Å². The summed E-state index contributed by atoms with van der Waals surface area (Å²) < 4.78 is 12.6. The minimum atomic E-state index is -0.810. The molecule has 0 aliphatic carbocycles. The molecular weight excluding hydrogens is 432 g/mol. The number of cyclic esters (lactones) is 1. The van der Waals surface area contributed by atoms with Crippen LogP contribution in [0.2, 0.25) is 0 Å². The van der Waals surface area contributed by atoms with E-state index >= 15 is 0 Å². The Morgan fingerprint density at radius 1 is 0.857 bits per heavy atom. The molecule has 0 spiro atoms. The van der Waals surface area contributed by atoms with E-state index in [-0.39, 0.29) is 18.0 Å². The Hall–Kier alpha value is -3.43. The van der Waals surface area contributed by atoms with Crippen molar-refractivity contribution in [2.24, 2.45) is 11.8 Å². The Morgan fingerprint density at radius 2 is 1.37 bits per heavy atom. The summed E-state index contributed by atoms with van der Waals surface area (Å²) in [6.45, 7) is 4.60. The number of hydrogen-bond donors (Lipinski definition) is 0. The van der Waals surface area contributed by atoms with Crippen LogP contribution in [-0.2, 0) is 19.9 Å². The molecule has 0 saturated carbocycles. The van der Waals surface area contributed by atoms with Gasteiger partial charge >= 0.3 is 5.97 Å². The molecule has 0 radical (unpaired) electrons. The predicted octanol–water partition coefficient (Wildman–Crippen LogP) is 7.09. The third-order valence-corrected chi connectivity index (χ3v) is 6.35. The largest absolute Gasteiger partial charge is 0.460 e. The summed E-state index contributed by atoms with van der Waals surface area (Å²) in [6.07, 6.45) is 9.31. The number of ether oxygens (including phenoxy) is 2. The molecule has 3 aromatic carbocycles. The molecule has 1 fully saturated rings. The predicted molar refractivity (Wildman–Crippen MR) is 141 cm³/mol. The van der Waals surface area contributed by atoms with Crippen molar-refractivity contribution >= 4 is 5.97 Å². The molecule has 1 aliphatic heterocycles. The average molecular weight is 467 g/mol. The Labute approximate surface area is 209 Å². The number of carbonyl (C=O) groups is 1. The minimum Gasteiger partial charge on any atom is -0.460 e. The highest BCUT2D eigenvalue weighted by atomic mass is 16.6. The van der Waals surface area contributed by atoms with E-state index < -0.39 is 5.60 Å². The first kappa shape index (κ1) is 24.7. The van der Waals surface area contributed by atoms with Crippen LogP contribution in [0.5, 0.6) is 0 Å². The Bertz CT molecular complexity index is 1020. The molecule has 180 valence electrons. The van der Waals surface area contributed by atoms with Crippen LogP contribution in [0.4, 0.5) is 0 Å². The zero-order valence-corrected chi connectivity index (χ0v) is 20.5. The van der Waals surface area contributed by atoms with Gasteiger partial charge in [-0.1, -0.05) is 129 Å². The van der Waals surface area contributed by atoms with Crippen molar-refractivity contribution in [3.05, 3.63) is 132 Å². The zero-order valence-electron chi connectivity index (χ0n) is 20.5. The van der Waals surface area contributed by atoms with Gasteiger partial charge < -0.3 is 9.47 Å². The third-order valence-electron chi connectivity index (χ3n) is 6.35. The van der Waals surface area contributed by atoms with Gasteiger partial charge in [0.15, 0.2) is 0 Å². The quantitative estimate of drug-likeness (QED) is 0.182. The van der Waals surface area contributed by atoms with Crippen molar-refractivity contribution in [2.75, 3.05) is 6.61 Å². The van der Waals surface area contributed by atoms with Gasteiger partial charge in [0.25, 0.3) is 0 Å². The van der Waals surface area contributed by atoms with Crippen LogP contribution in [0.15, 0.2) is 115 Å². The Morgan fingerprint density at radius 3 is 1.86 bits per heavy atom. The third kappa shape index (κ3) is 5.98. The highest BCUT2D eigenvalue weighted by Crippen LogP contribution is 2.41. The first-order valence-corrected chi connectivity index (χ1v) is 12.4. The first-order valence-electron chi connectivity index (χ1n) is 12.4. The number of hydrogen-bond acceptors (Lipinski definition) is 3. The molecule has 4 rings (SSSR count). The second-order valence-corrected chi connectivity index (χ2v) is 9.37. The molecule has 1 aliphatic rings. The summed E-state index contributed by atoms with van der Waals surface area (Å²) in [5, 5.41) is 0. The lowest BCUT2D eigenvalue weighted by Gasteiger charge is -2.36. The van der Waals surface area contributed by atoms with E-state index in [9.17, 15) is 4.79 Å². The second kappa shape index (κ2) is 11.8. The van der Waals surface area contributed by atoms with Crippen LogP contribution in [0.3, 0.4) is 0 Å². The number of rotatable bonds is 10. The summed E-state index contributed by atoms with van der Waals surface area (Å²) in [5.74, 6) is 0.240. The van der Waals surface area contributed by atoms with Crippen LogP contribution in [0.25, 0.3) is 0 Å². The molecule has 3 heteroatoms. The smallest absolute Gasteiger partial charge is 0.309 e. The van der Waals surface area contributed by atoms with Crippen LogP contribution in [0.1, 0.15) is 43.4 Å². The Balaban J connectivity index is 1.57. The summed E-state index contributed by atoms with van der Waals surface area (Å²) >= 11 is 0. The van der Waals surface area contributed by atoms with Crippen LogP contribution in [-0.4, -0.2) is 18.7 Å². The van der Waals surface area contributed by atoms with E-state index in [0.29, 0.717) is 25.4 Å². The fourth-order valence-electron chi connectivity index (χ4n) is 4.61. The minimum absolute atomic E-state index is 0.133. The zero-order chi connectivity index (χ0) is 24.5. The van der Waals surface area contributed by atoms with Crippen molar-refractivity contribution < 1.29 is 14.3 Å². The second-order valence-electron chi connectivity index (χ2n) is 9.37. The number of esters is 1. The molecule has 35 heavy (non-hydrogen) atoms. The monoisotopic (exact) mass is 466 g/mol. The van der Waals surface area contributed by atoms with Gasteiger partial charge in [0.05, 0.1) is 12.5 Å². The van der Waals surface area contributed by atoms with Gasteiger partial charge in [-0.15, -0.1) is 0 Å². The molecule has 0 unspecified atom stereocenters. The van der Waals surface area contributed by atoms with Gasteiger partial charge in [-0.3, -0.25) is 4.79 Å². The summed E-state index contributed by atoms with van der Waals surface area (Å²) in [4.78, 5) is 12.6. The molecular formula is C32H34O3. The topological polar surface area (TPSA) is 35.5 Å². The van der Waals surface area contributed by atoms with E-state index in [0.717, 1.165) is 16.7 Å². The standard InChI is InChI=1S/C32H34O3/c1-25(2)15-7-3-8-16-26-23-30(35-31(26)33)24-34-32(27-17-9-4-10-18-27,28-19-11-5-12-20-28)29-21-13-6-14-22-29/h3-15,17-22,25-26,30H,16,23-24H2,1-2H3/b8-3+,15-7+/t26-,30-/m0/s1. The van der Waals surface area contributed by atoms with Gasteiger partial charge in [-0.05, 0) is 29.0 Å². The van der Waals surface area contributed by atoms with Crippen molar-refractivity contribution in [2.45, 2.75) is 38.4 Å². The van der Waals surface area contributed by atoms with Gasteiger partial charge in [0.1, 0.15) is 11.7 Å². The number of carbonyl (C=O) groups excluding carboxylic acids is 1. The van der Waals surface area contributed by atoms with Gasteiger partial charge in [-0.2, -0.15) is 0 Å². The average Bonchev–Trinajstić information content (AvgIpc) is 3.25. The molecule has 1 saturated heterocycles. The first-order chi connectivity index (χ1) is 17.1. The maximum Gasteiger partial charge on any atom is 0.309 e. The van der Waals surface area contributed by atoms with E-state index in [1.807, 2.05) is 66.7 Å². The molecule has 0 bridgehead atoms. The molecule has 3 nitrogen and oxygen atoms in total. The highest BCUT2D eigenvalue weighted by molar-refractivity contribution is 5.74. The van der Waals surface area contributed by atoms with E-state index in [1.165, 1.54) is 0 Å². The van der Waals surface area contributed by atoms with Crippen LogP contribution >= 0.6 is 0 Å². The van der Waals surface area contributed by atoms with Gasteiger partial charge in [0.2, 0.25) is 0 Å². The number of allylic oxidation sites excluding steroid dienone is 4. The molecule has 0 N–H and O–H groups in total. The van der Waals surface area contributed by atoms with Crippen molar-refractivity contribution in [1.82, 2.24) is 0 Å². The van der Waals surface area contributed by atoms with E-state index in [2.05, 4.69) is 62.4 Å². The summed E-state index contributed by atoms with van der Waals surface area (Å²) in [5.41, 5.74) is 2.31. The molecule has 0 amide bonds. The fraction of sp³-hybridized carbons (Fsp3) is 0.281. The van der Waals surface area contributed by atoms with Crippen molar-refractivity contribution in [3.63, 3.8) is 0 Å². The molecule has 3 aromatic rings. The van der Waals surface area contributed by atoms with Gasteiger partial charge in [-0.25, -0.2) is 0 Å². The molecule has 0 aromatic heterocycles. The molecule has 2 atom stereocenters. The van der Waals surface area contributed by atoms with Crippen molar-refractivity contribution in [1.29, 1.82) is 0 Å². The lowest BCUT2D eigenvalue weighted by molar-refractivity contribution is -0.147. The summed E-state index contributed by atoms with van der Waals surface area (Å²) in [6, 6.07) is 30.8. The fourth-order valence-corrected chi connectivity index (χ4v) is 4.61. The summed E-state index contributed by atoms with van der Waals surface area (Å²) in [7, 11) is 0. The normalized spacial score (nSPS) is 18.5. The Kier molecular flexibility index (Phi) is 8.33. The van der Waals surface area contributed by atoms with Crippen LogP contribution in [0, 0.1) is 11.8 Å². The maximum absolute atomic E-state index is 12.6. The lowest BCUT2D eigenvalue weighted by Crippen LogP contribution is -2.35. The van der Waals surface area contributed by atoms with Crippen molar-refractivity contribution in [3.8, 4) is 0 Å². The SMILES string of the molecule is CC(C)/C=C/C=C/C[C@H]1C[C@@H](COC(c2ccccc2)(c2ccccc2)c2ccccc2)OC1=O. The lowest BCUT2D eigenvalue weighted by atomic mass is 9.80. The highest BCUT2D eigenvalue weighted by Gasteiger charge is 2.40. The maximum atomic E-state index is 12.6. The van der Waals surface area contributed by atoms with E-state index in [4.69, 9.17) is 9.47 Å². The number of benzene rings is 3. The molecule has 1 heterocycles. The van der Waals surface area contributed by atoms with E-state index in [1.54, 1.807) is 0 Å².